The van der Waals surface area contributed by atoms with Gasteiger partial charge in [0.25, 0.3) is 0 Å². The van der Waals surface area contributed by atoms with E-state index >= 15 is 0 Å². The van der Waals surface area contributed by atoms with Crippen LogP contribution in [0.25, 0.3) is 21.5 Å². The first-order chi connectivity index (χ1) is 14.5. The third-order valence-electron chi connectivity index (χ3n) is 5.06. The first-order valence-corrected chi connectivity index (χ1v) is 9.11. The molecule has 2 heterocycles. The lowest BCUT2D eigenvalue weighted by Crippen LogP contribution is -2.19. The Labute approximate surface area is 169 Å². The monoisotopic (exact) mass is 396 g/mol. The van der Waals surface area contributed by atoms with E-state index in [0.717, 1.165) is 10.8 Å². The first kappa shape index (κ1) is 17.8. The van der Waals surface area contributed by atoms with E-state index < -0.39 is 23.9 Å². The van der Waals surface area contributed by atoms with Gasteiger partial charge in [0.1, 0.15) is 0 Å². The Kier molecular flexibility index (Phi) is 3.93. The second kappa shape index (κ2) is 6.63. The van der Waals surface area contributed by atoms with Crippen molar-refractivity contribution in [2.45, 2.75) is 0 Å². The highest BCUT2D eigenvalue weighted by atomic mass is 16.6. The molecule has 4 aromatic rings. The number of carbonyl (C=O) groups is 4. The largest absolute Gasteiger partial charge is 0.386 e. The summed E-state index contributed by atoms with van der Waals surface area (Å²) in [4.78, 5) is 45.8. The molecule has 0 N–H and O–H groups in total. The average Bonchev–Trinajstić information content (AvgIpc) is 2.76. The Morgan fingerprint density at radius 3 is 0.933 bits per heavy atom. The average molecular weight is 396 g/mol. The van der Waals surface area contributed by atoms with Gasteiger partial charge >= 0.3 is 23.9 Å². The van der Waals surface area contributed by atoms with Crippen LogP contribution in [0.15, 0.2) is 72.8 Å². The fraction of sp³-hybridized carbons (Fsp3) is 0. The van der Waals surface area contributed by atoms with Gasteiger partial charge in [0.2, 0.25) is 0 Å². The molecular weight excluding hydrogens is 384 g/mol. The molecule has 2 aliphatic heterocycles. The smallest absolute Gasteiger partial charge is 0.346 e. The zero-order valence-electron chi connectivity index (χ0n) is 15.4. The third-order valence-corrected chi connectivity index (χ3v) is 5.06. The van der Waals surface area contributed by atoms with Crippen LogP contribution in [0.5, 0.6) is 0 Å². The van der Waals surface area contributed by atoms with Gasteiger partial charge < -0.3 is 9.47 Å². The lowest BCUT2D eigenvalue weighted by atomic mass is 9.97. The van der Waals surface area contributed by atoms with E-state index in [1.807, 2.05) is 24.3 Å². The van der Waals surface area contributed by atoms with E-state index in [2.05, 4.69) is 9.47 Å². The number of carbonyl (C=O) groups excluding carboxylic acids is 4. The summed E-state index contributed by atoms with van der Waals surface area (Å²) in [5.74, 6) is -2.26. The van der Waals surface area contributed by atoms with Crippen molar-refractivity contribution in [2.75, 3.05) is 0 Å². The molecule has 2 aliphatic rings. The van der Waals surface area contributed by atoms with Crippen LogP contribution >= 0.6 is 0 Å². The van der Waals surface area contributed by atoms with Gasteiger partial charge in [-0.15, -0.1) is 0 Å². The molecule has 0 aliphatic carbocycles. The summed E-state index contributed by atoms with van der Waals surface area (Å²) in [6, 6.07) is 21.3. The van der Waals surface area contributed by atoms with Gasteiger partial charge in [-0.1, -0.05) is 48.5 Å². The zero-order chi connectivity index (χ0) is 20.8. The zero-order valence-corrected chi connectivity index (χ0v) is 15.4. The summed E-state index contributed by atoms with van der Waals surface area (Å²) in [6.45, 7) is 0. The van der Waals surface area contributed by atoms with E-state index in [4.69, 9.17) is 0 Å². The Hall–Kier alpha value is -4.32. The molecule has 0 radical (unpaired) electrons. The van der Waals surface area contributed by atoms with Gasteiger partial charge in [0, 0.05) is 10.8 Å². The molecular formula is C24H12O6. The minimum Gasteiger partial charge on any atom is -0.386 e. The number of cyclic esters (lactones) is 4. The molecule has 0 atom stereocenters. The van der Waals surface area contributed by atoms with Gasteiger partial charge in [0.05, 0.1) is 22.3 Å². The molecule has 0 saturated heterocycles. The topological polar surface area (TPSA) is 86.7 Å². The number of benzene rings is 4. The van der Waals surface area contributed by atoms with Gasteiger partial charge in [-0.2, -0.15) is 0 Å². The quantitative estimate of drug-likeness (QED) is 0.325. The number of esters is 4. The molecule has 6 heteroatoms. The fourth-order valence-corrected chi connectivity index (χ4v) is 3.75. The molecule has 144 valence electrons. The summed E-state index contributed by atoms with van der Waals surface area (Å²) in [5.41, 5.74) is 1.84. The minimum atomic E-state index is -0.565. The van der Waals surface area contributed by atoms with E-state index in [-0.39, 0.29) is 0 Å². The van der Waals surface area contributed by atoms with E-state index in [9.17, 15) is 19.2 Å². The van der Waals surface area contributed by atoms with Crippen LogP contribution in [-0.4, -0.2) is 23.9 Å². The van der Waals surface area contributed by atoms with E-state index in [0.29, 0.717) is 33.0 Å². The van der Waals surface area contributed by atoms with Gasteiger partial charge in [-0.05, 0) is 35.0 Å². The maximum Gasteiger partial charge on any atom is 0.346 e. The van der Waals surface area contributed by atoms with Crippen molar-refractivity contribution in [3.8, 4) is 0 Å². The van der Waals surface area contributed by atoms with Crippen LogP contribution in [0.1, 0.15) is 41.4 Å². The van der Waals surface area contributed by atoms with Gasteiger partial charge in [-0.3, -0.25) is 0 Å². The first-order valence-electron chi connectivity index (χ1n) is 9.11. The van der Waals surface area contributed by atoms with Gasteiger partial charge in [-0.25, -0.2) is 19.2 Å². The van der Waals surface area contributed by atoms with Crippen LogP contribution in [0, 0.1) is 0 Å². The predicted molar refractivity (Wildman–Crippen MR) is 107 cm³/mol. The van der Waals surface area contributed by atoms with Crippen LogP contribution in [0.3, 0.4) is 0 Å². The summed E-state index contributed by atoms with van der Waals surface area (Å²) in [6.07, 6.45) is 0. The van der Waals surface area contributed by atoms with Crippen molar-refractivity contribution in [3.63, 3.8) is 0 Å². The maximum absolute atomic E-state index is 11.4. The van der Waals surface area contributed by atoms with Crippen LogP contribution in [0.2, 0.25) is 0 Å². The summed E-state index contributed by atoms with van der Waals surface area (Å²) in [5, 5.41) is 3.16. The highest BCUT2D eigenvalue weighted by molar-refractivity contribution is 6.21. The third kappa shape index (κ3) is 2.66. The van der Waals surface area contributed by atoms with Crippen molar-refractivity contribution in [1.82, 2.24) is 0 Å². The highest BCUT2D eigenvalue weighted by Gasteiger charge is 2.27. The molecule has 0 bridgehead atoms. The van der Waals surface area contributed by atoms with E-state index in [1.165, 1.54) is 0 Å². The molecule has 30 heavy (non-hydrogen) atoms. The Balaban J connectivity index is 0.000000128. The molecule has 0 fully saturated rings. The second-order valence-corrected chi connectivity index (χ2v) is 6.77. The highest BCUT2D eigenvalue weighted by Crippen LogP contribution is 2.29. The number of hydrogen-bond acceptors (Lipinski definition) is 6. The van der Waals surface area contributed by atoms with Crippen LogP contribution in [-0.2, 0) is 9.47 Å². The van der Waals surface area contributed by atoms with E-state index in [1.54, 1.807) is 48.5 Å². The standard InChI is InChI=1S/2C12H6O3/c2*13-11-8-5-1-3-7-4-2-6-9(10(7)8)12(14)15-11/h2*1-6H. The molecule has 6 nitrogen and oxygen atoms in total. The van der Waals surface area contributed by atoms with Crippen molar-refractivity contribution < 1.29 is 28.7 Å². The minimum absolute atomic E-state index is 0.461. The van der Waals surface area contributed by atoms with Crippen LogP contribution in [0.4, 0.5) is 0 Å². The molecule has 6 rings (SSSR count). The second-order valence-electron chi connectivity index (χ2n) is 6.77. The molecule has 0 unspecified atom stereocenters. The van der Waals surface area contributed by atoms with Crippen LogP contribution < -0.4 is 0 Å². The number of ether oxygens (including phenoxy) is 2. The molecule has 0 saturated carbocycles. The molecule has 0 spiro atoms. The lowest BCUT2D eigenvalue weighted by molar-refractivity contribution is 0.0373. The maximum atomic E-state index is 11.4. The summed E-state index contributed by atoms with van der Waals surface area (Å²) < 4.78 is 9.25. The van der Waals surface area contributed by atoms with Gasteiger partial charge in [0.15, 0.2) is 0 Å². The summed E-state index contributed by atoms with van der Waals surface area (Å²) in [7, 11) is 0. The Morgan fingerprint density at radius 2 is 0.667 bits per heavy atom. The fourth-order valence-electron chi connectivity index (χ4n) is 3.75. The van der Waals surface area contributed by atoms with Crippen molar-refractivity contribution >= 4 is 45.4 Å². The van der Waals surface area contributed by atoms with Crippen molar-refractivity contribution in [1.29, 1.82) is 0 Å². The predicted octanol–water partition coefficient (Wildman–Crippen LogP) is 4.30. The van der Waals surface area contributed by atoms with Crippen molar-refractivity contribution in [2.24, 2.45) is 0 Å². The SMILES string of the molecule is O=C1OC(=O)c2cccc3cccc1c23.O=C1OC(=O)c2cccc3cccc1c23. The number of hydrogen-bond donors (Lipinski definition) is 0. The Bertz CT molecular complexity index is 1210. The lowest BCUT2D eigenvalue weighted by Gasteiger charge is -2.14. The molecule has 0 amide bonds. The normalized spacial score (nSPS) is 14.1. The molecule has 4 aromatic carbocycles. The number of rotatable bonds is 0. The Morgan fingerprint density at radius 1 is 0.400 bits per heavy atom. The molecule has 0 aromatic heterocycles. The van der Waals surface area contributed by atoms with Crippen molar-refractivity contribution in [3.05, 3.63) is 95.1 Å². The summed E-state index contributed by atoms with van der Waals surface area (Å²) >= 11 is 0.